The molecule has 0 aliphatic heterocycles. The van der Waals surface area contributed by atoms with Crippen molar-refractivity contribution in [1.82, 2.24) is 0 Å². The van der Waals surface area contributed by atoms with Crippen LogP contribution in [0.2, 0.25) is 0 Å². The highest BCUT2D eigenvalue weighted by Gasteiger charge is 2.20. The van der Waals surface area contributed by atoms with E-state index in [1.54, 1.807) is 0 Å². The van der Waals surface area contributed by atoms with Gasteiger partial charge in [-0.3, -0.25) is 0 Å². The van der Waals surface area contributed by atoms with Gasteiger partial charge in [-0.15, -0.1) is 0 Å². The van der Waals surface area contributed by atoms with Crippen molar-refractivity contribution < 1.29 is 0 Å². The Morgan fingerprint density at radius 2 is 2.25 bits per heavy atom. The third kappa shape index (κ3) is 1.19. The number of hydrogen-bond donors (Lipinski definition) is 1. The molecule has 0 spiro atoms. The first-order valence-electron chi connectivity index (χ1n) is 4.23. The molecule has 12 heavy (non-hydrogen) atoms. The minimum atomic E-state index is 0.260. The molecule has 1 aromatic rings. The first kappa shape index (κ1) is 8.27. The minimum Gasteiger partial charge on any atom is -0.324 e. The highest BCUT2D eigenvalue weighted by Crippen LogP contribution is 2.33. The third-order valence-electron chi connectivity index (χ3n) is 2.58. The molecule has 1 aliphatic carbocycles. The summed E-state index contributed by atoms with van der Waals surface area (Å²) in [4.78, 5) is 0. The van der Waals surface area contributed by atoms with Crippen molar-refractivity contribution in [3.05, 3.63) is 33.3 Å². The van der Waals surface area contributed by atoms with Crippen molar-refractivity contribution in [3.8, 4) is 0 Å². The molecule has 1 unspecified atom stereocenters. The van der Waals surface area contributed by atoms with Crippen LogP contribution in [0, 0.1) is 6.92 Å². The smallest absolute Gasteiger partial charge is 0.0301 e. The van der Waals surface area contributed by atoms with Gasteiger partial charge in [0.25, 0.3) is 0 Å². The summed E-state index contributed by atoms with van der Waals surface area (Å²) in [6.07, 6.45) is 2.25. The predicted octanol–water partition coefficient (Wildman–Crippen LogP) is 2.70. The molecule has 2 rings (SSSR count). The second-order valence-electron chi connectivity index (χ2n) is 3.44. The van der Waals surface area contributed by atoms with Gasteiger partial charge in [0, 0.05) is 10.5 Å². The second kappa shape index (κ2) is 2.86. The Kier molecular flexibility index (Phi) is 1.97. The first-order valence-corrected chi connectivity index (χ1v) is 5.02. The van der Waals surface area contributed by atoms with Crippen molar-refractivity contribution >= 4 is 15.9 Å². The Balaban J connectivity index is 2.60. The average molecular weight is 226 g/mol. The molecule has 0 radical (unpaired) electrons. The van der Waals surface area contributed by atoms with E-state index in [1.807, 2.05) is 0 Å². The van der Waals surface area contributed by atoms with E-state index >= 15 is 0 Å². The zero-order valence-corrected chi connectivity index (χ0v) is 8.69. The van der Waals surface area contributed by atoms with Gasteiger partial charge >= 0.3 is 0 Å². The lowest BCUT2D eigenvalue weighted by atomic mass is 10.0. The van der Waals surface area contributed by atoms with Crippen LogP contribution in [-0.2, 0) is 6.42 Å². The van der Waals surface area contributed by atoms with E-state index < -0.39 is 0 Å². The van der Waals surface area contributed by atoms with Crippen LogP contribution < -0.4 is 5.73 Å². The summed E-state index contributed by atoms with van der Waals surface area (Å²) in [6.45, 7) is 2.15. The molecule has 1 atom stereocenters. The summed E-state index contributed by atoms with van der Waals surface area (Å²) >= 11 is 3.49. The van der Waals surface area contributed by atoms with E-state index in [-0.39, 0.29) is 6.04 Å². The normalized spacial score (nSPS) is 21.1. The molecule has 1 aliphatic rings. The quantitative estimate of drug-likeness (QED) is 0.723. The molecule has 0 amide bonds. The van der Waals surface area contributed by atoms with Gasteiger partial charge < -0.3 is 5.73 Å². The van der Waals surface area contributed by atoms with Crippen molar-refractivity contribution in [2.24, 2.45) is 5.73 Å². The van der Waals surface area contributed by atoms with Gasteiger partial charge in [-0.05, 0) is 48.6 Å². The van der Waals surface area contributed by atoms with Gasteiger partial charge in [0.05, 0.1) is 0 Å². The lowest BCUT2D eigenvalue weighted by Gasteiger charge is -2.07. The van der Waals surface area contributed by atoms with Crippen molar-refractivity contribution in [1.29, 1.82) is 0 Å². The molecule has 2 N–H and O–H groups in total. The van der Waals surface area contributed by atoms with Crippen LogP contribution in [0.15, 0.2) is 16.6 Å². The second-order valence-corrected chi connectivity index (χ2v) is 4.35. The number of halogens is 1. The summed E-state index contributed by atoms with van der Waals surface area (Å²) < 4.78 is 1.15. The zero-order chi connectivity index (χ0) is 8.72. The van der Waals surface area contributed by atoms with E-state index in [9.17, 15) is 0 Å². The molecule has 0 fully saturated rings. The van der Waals surface area contributed by atoms with E-state index in [2.05, 4.69) is 35.0 Å². The number of benzene rings is 1. The molecular weight excluding hydrogens is 214 g/mol. The van der Waals surface area contributed by atoms with E-state index in [1.165, 1.54) is 16.7 Å². The van der Waals surface area contributed by atoms with Gasteiger partial charge in [-0.25, -0.2) is 0 Å². The van der Waals surface area contributed by atoms with Gasteiger partial charge in [0.15, 0.2) is 0 Å². The largest absolute Gasteiger partial charge is 0.324 e. The summed E-state index contributed by atoms with van der Waals surface area (Å²) in [7, 11) is 0. The zero-order valence-electron chi connectivity index (χ0n) is 7.10. The molecule has 1 aromatic carbocycles. The Labute approximate surface area is 81.1 Å². The number of aryl methyl sites for hydroxylation is 1. The van der Waals surface area contributed by atoms with Crippen LogP contribution in [0.3, 0.4) is 0 Å². The number of fused-ring (bicyclic) bond motifs is 1. The Hall–Kier alpha value is -0.340. The maximum Gasteiger partial charge on any atom is 0.0301 e. The predicted molar refractivity (Wildman–Crippen MR) is 54.1 cm³/mol. The first-order chi connectivity index (χ1) is 5.68. The maximum absolute atomic E-state index is 5.96. The molecule has 0 heterocycles. The summed E-state index contributed by atoms with van der Waals surface area (Å²) in [6, 6.07) is 4.58. The SMILES string of the molecule is Cc1cc(Br)cc2c1CCC2N. The highest BCUT2D eigenvalue weighted by molar-refractivity contribution is 9.10. The van der Waals surface area contributed by atoms with Crippen molar-refractivity contribution in [3.63, 3.8) is 0 Å². The Bertz CT molecular complexity index is 320. The number of nitrogens with two attached hydrogens (primary N) is 1. The number of hydrogen-bond acceptors (Lipinski definition) is 1. The topological polar surface area (TPSA) is 26.0 Å². The fourth-order valence-corrected chi connectivity index (χ4v) is 2.52. The highest BCUT2D eigenvalue weighted by atomic mass is 79.9. The summed E-state index contributed by atoms with van der Waals surface area (Å²) in [5.74, 6) is 0. The molecule has 2 heteroatoms. The van der Waals surface area contributed by atoms with Gasteiger partial charge in [-0.2, -0.15) is 0 Å². The van der Waals surface area contributed by atoms with Crippen LogP contribution >= 0.6 is 15.9 Å². The standard InChI is InChI=1S/C10H12BrN/c1-6-4-7(11)5-9-8(6)2-3-10(9)12/h4-5,10H,2-3,12H2,1H3. The summed E-state index contributed by atoms with van der Waals surface area (Å²) in [5.41, 5.74) is 10.1. The average Bonchev–Trinajstić information content (AvgIpc) is 2.33. The maximum atomic E-state index is 5.96. The molecule has 1 nitrogen and oxygen atoms in total. The molecule has 0 saturated heterocycles. The van der Waals surface area contributed by atoms with Crippen LogP contribution in [0.4, 0.5) is 0 Å². The number of rotatable bonds is 0. The van der Waals surface area contributed by atoms with E-state index in [0.717, 1.165) is 17.3 Å². The van der Waals surface area contributed by atoms with Crippen LogP contribution in [0.1, 0.15) is 29.2 Å². The fraction of sp³-hybridized carbons (Fsp3) is 0.400. The lowest BCUT2D eigenvalue weighted by molar-refractivity contribution is 0.713. The van der Waals surface area contributed by atoms with Crippen molar-refractivity contribution in [2.75, 3.05) is 0 Å². The third-order valence-corrected chi connectivity index (χ3v) is 3.03. The van der Waals surface area contributed by atoms with Crippen LogP contribution in [0.5, 0.6) is 0 Å². The summed E-state index contributed by atoms with van der Waals surface area (Å²) in [5, 5.41) is 0. The van der Waals surface area contributed by atoms with Gasteiger partial charge in [0.1, 0.15) is 0 Å². The minimum absolute atomic E-state index is 0.260. The molecule has 0 saturated carbocycles. The van der Waals surface area contributed by atoms with E-state index in [0.29, 0.717) is 0 Å². The molecule has 64 valence electrons. The molecule has 0 aromatic heterocycles. The van der Waals surface area contributed by atoms with Gasteiger partial charge in [-0.1, -0.05) is 15.9 Å². The monoisotopic (exact) mass is 225 g/mol. The van der Waals surface area contributed by atoms with Crippen LogP contribution in [0.25, 0.3) is 0 Å². The van der Waals surface area contributed by atoms with E-state index in [4.69, 9.17) is 5.73 Å². The van der Waals surface area contributed by atoms with Crippen molar-refractivity contribution in [2.45, 2.75) is 25.8 Å². The molecular formula is C10H12BrN. The van der Waals surface area contributed by atoms with Crippen LogP contribution in [-0.4, -0.2) is 0 Å². The Morgan fingerprint density at radius 1 is 1.50 bits per heavy atom. The fourth-order valence-electron chi connectivity index (χ4n) is 1.93. The Morgan fingerprint density at radius 3 is 3.00 bits per heavy atom. The van der Waals surface area contributed by atoms with Gasteiger partial charge in [0.2, 0.25) is 0 Å². The molecule has 0 bridgehead atoms. The lowest BCUT2D eigenvalue weighted by Crippen LogP contribution is -2.05.